The SMILES string of the molecule is NCc1ccnc(Sc2ccc(Cl)c(Cl)c2)n1. The molecule has 0 bridgehead atoms. The second-order valence-corrected chi connectivity index (χ2v) is 5.07. The van der Waals surface area contributed by atoms with Gasteiger partial charge < -0.3 is 5.73 Å². The number of halogens is 2. The van der Waals surface area contributed by atoms with Crippen LogP contribution in [0.25, 0.3) is 0 Å². The minimum atomic E-state index is 0.400. The smallest absolute Gasteiger partial charge is 0.192 e. The number of nitrogens with two attached hydrogens (primary N) is 1. The van der Waals surface area contributed by atoms with Crippen molar-refractivity contribution >= 4 is 35.0 Å². The normalized spacial score (nSPS) is 10.5. The Kier molecular flexibility index (Phi) is 4.23. The van der Waals surface area contributed by atoms with Gasteiger partial charge in [-0.1, -0.05) is 23.2 Å². The molecule has 0 aliphatic carbocycles. The van der Waals surface area contributed by atoms with E-state index in [1.165, 1.54) is 11.8 Å². The number of rotatable bonds is 3. The average Bonchev–Trinajstić information content (AvgIpc) is 2.34. The van der Waals surface area contributed by atoms with E-state index in [2.05, 4.69) is 9.97 Å². The molecular weight excluding hydrogens is 277 g/mol. The number of nitrogens with zero attached hydrogens (tertiary/aromatic N) is 2. The van der Waals surface area contributed by atoms with E-state index in [1.807, 2.05) is 6.07 Å². The second-order valence-electron chi connectivity index (χ2n) is 3.21. The minimum absolute atomic E-state index is 0.400. The fraction of sp³-hybridized carbons (Fsp3) is 0.0909. The van der Waals surface area contributed by atoms with E-state index in [-0.39, 0.29) is 0 Å². The zero-order valence-corrected chi connectivity index (χ0v) is 11.1. The van der Waals surface area contributed by atoms with Crippen molar-refractivity contribution in [3.8, 4) is 0 Å². The van der Waals surface area contributed by atoms with E-state index in [4.69, 9.17) is 28.9 Å². The van der Waals surface area contributed by atoms with Crippen LogP contribution in [0.1, 0.15) is 5.69 Å². The monoisotopic (exact) mass is 285 g/mol. The number of aromatic nitrogens is 2. The molecule has 1 aromatic heterocycles. The maximum absolute atomic E-state index is 5.93. The molecule has 3 nitrogen and oxygen atoms in total. The molecule has 0 spiro atoms. The van der Waals surface area contributed by atoms with Crippen LogP contribution in [-0.2, 0) is 6.54 Å². The van der Waals surface area contributed by atoms with Gasteiger partial charge in [0.1, 0.15) is 0 Å². The first-order valence-corrected chi connectivity index (χ1v) is 6.41. The van der Waals surface area contributed by atoms with Gasteiger partial charge in [0, 0.05) is 17.6 Å². The van der Waals surface area contributed by atoms with Crippen LogP contribution in [0.15, 0.2) is 40.5 Å². The van der Waals surface area contributed by atoms with Crippen LogP contribution in [0.5, 0.6) is 0 Å². The van der Waals surface area contributed by atoms with Gasteiger partial charge in [-0.3, -0.25) is 0 Å². The molecule has 6 heteroatoms. The van der Waals surface area contributed by atoms with Crippen LogP contribution in [0, 0.1) is 0 Å². The largest absolute Gasteiger partial charge is 0.325 e. The Balaban J connectivity index is 2.22. The van der Waals surface area contributed by atoms with Gasteiger partial charge in [0.2, 0.25) is 0 Å². The summed E-state index contributed by atoms with van der Waals surface area (Å²) in [6.07, 6.45) is 1.69. The van der Waals surface area contributed by atoms with Crippen LogP contribution in [0.2, 0.25) is 10.0 Å². The maximum atomic E-state index is 5.93. The summed E-state index contributed by atoms with van der Waals surface area (Å²) in [5, 5.41) is 1.70. The molecular formula is C11H9Cl2N3S. The van der Waals surface area contributed by atoms with Crippen molar-refractivity contribution in [2.24, 2.45) is 5.73 Å². The lowest BCUT2D eigenvalue weighted by atomic mass is 10.4. The summed E-state index contributed by atoms with van der Waals surface area (Å²) in [6, 6.07) is 7.20. The number of hydrogen-bond donors (Lipinski definition) is 1. The van der Waals surface area contributed by atoms with Gasteiger partial charge in [-0.25, -0.2) is 9.97 Å². The van der Waals surface area contributed by atoms with Crippen LogP contribution in [0.4, 0.5) is 0 Å². The van der Waals surface area contributed by atoms with Gasteiger partial charge in [-0.2, -0.15) is 0 Å². The van der Waals surface area contributed by atoms with E-state index < -0.39 is 0 Å². The topological polar surface area (TPSA) is 51.8 Å². The predicted octanol–water partition coefficient (Wildman–Crippen LogP) is 3.39. The highest BCUT2D eigenvalue weighted by atomic mass is 35.5. The first-order chi connectivity index (χ1) is 8.19. The molecule has 1 aromatic carbocycles. The standard InChI is InChI=1S/C11H9Cl2N3S/c12-9-2-1-8(5-10(9)13)17-11-15-4-3-7(6-14)16-11/h1-5H,6,14H2. The van der Waals surface area contributed by atoms with Gasteiger partial charge in [0.15, 0.2) is 5.16 Å². The predicted molar refractivity (Wildman–Crippen MR) is 70.5 cm³/mol. The molecule has 0 atom stereocenters. The van der Waals surface area contributed by atoms with E-state index in [9.17, 15) is 0 Å². The van der Waals surface area contributed by atoms with Gasteiger partial charge in [0.05, 0.1) is 15.7 Å². The second kappa shape index (κ2) is 5.69. The van der Waals surface area contributed by atoms with Crippen LogP contribution >= 0.6 is 35.0 Å². The summed E-state index contributed by atoms with van der Waals surface area (Å²) in [5.74, 6) is 0. The molecule has 2 rings (SSSR count). The molecule has 88 valence electrons. The zero-order valence-electron chi connectivity index (χ0n) is 8.73. The third kappa shape index (κ3) is 3.33. The lowest BCUT2D eigenvalue weighted by Gasteiger charge is -2.03. The van der Waals surface area contributed by atoms with Crippen molar-refractivity contribution in [2.45, 2.75) is 16.6 Å². The first-order valence-electron chi connectivity index (χ1n) is 4.84. The summed E-state index contributed by atoms with van der Waals surface area (Å²) < 4.78 is 0. The van der Waals surface area contributed by atoms with Crippen molar-refractivity contribution in [2.75, 3.05) is 0 Å². The molecule has 0 saturated heterocycles. The van der Waals surface area contributed by atoms with Crippen molar-refractivity contribution in [3.05, 3.63) is 46.2 Å². The molecule has 0 saturated carbocycles. The Morgan fingerprint density at radius 2 is 2.00 bits per heavy atom. The highest BCUT2D eigenvalue weighted by molar-refractivity contribution is 7.99. The maximum Gasteiger partial charge on any atom is 0.192 e. The minimum Gasteiger partial charge on any atom is -0.325 e. The van der Waals surface area contributed by atoms with Crippen LogP contribution in [0.3, 0.4) is 0 Å². The Morgan fingerprint density at radius 1 is 1.18 bits per heavy atom. The summed E-state index contributed by atoms with van der Waals surface area (Å²) in [6.45, 7) is 0.400. The van der Waals surface area contributed by atoms with Crippen LogP contribution < -0.4 is 5.73 Å². The van der Waals surface area contributed by atoms with E-state index >= 15 is 0 Å². The van der Waals surface area contributed by atoms with Crippen molar-refractivity contribution in [1.82, 2.24) is 9.97 Å². The first kappa shape index (κ1) is 12.6. The van der Waals surface area contributed by atoms with Gasteiger partial charge in [0.25, 0.3) is 0 Å². The fourth-order valence-corrected chi connectivity index (χ4v) is 2.35. The third-order valence-corrected chi connectivity index (χ3v) is 3.61. The van der Waals surface area contributed by atoms with Gasteiger partial charge in [-0.05, 0) is 36.0 Å². The Hall–Kier alpha value is -0.810. The van der Waals surface area contributed by atoms with Crippen molar-refractivity contribution < 1.29 is 0 Å². The van der Waals surface area contributed by atoms with Crippen molar-refractivity contribution in [3.63, 3.8) is 0 Å². The van der Waals surface area contributed by atoms with Crippen molar-refractivity contribution in [1.29, 1.82) is 0 Å². The highest BCUT2D eigenvalue weighted by Gasteiger charge is 2.04. The van der Waals surface area contributed by atoms with Crippen LogP contribution in [-0.4, -0.2) is 9.97 Å². The Bertz CT molecular complexity index is 534. The van der Waals surface area contributed by atoms with E-state index in [1.54, 1.807) is 24.4 Å². The molecule has 0 fully saturated rings. The third-order valence-electron chi connectivity index (χ3n) is 2.00. The van der Waals surface area contributed by atoms with Gasteiger partial charge >= 0.3 is 0 Å². The lowest BCUT2D eigenvalue weighted by molar-refractivity contribution is 0.874. The molecule has 2 N–H and O–H groups in total. The highest BCUT2D eigenvalue weighted by Crippen LogP contribution is 2.30. The Morgan fingerprint density at radius 3 is 2.71 bits per heavy atom. The molecule has 0 aliphatic heterocycles. The quantitative estimate of drug-likeness (QED) is 0.879. The summed E-state index contributed by atoms with van der Waals surface area (Å²) in [5.41, 5.74) is 6.33. The molecule has 1 heterocycles. The molecule has 0 unspecified atom stereocenters. The van der Waals surface area contributed by atoms with E-state index in [0.717, 1.165) is 10.6 Å². The summed E-state index contributed by atoms with van der Waals surface area (Å²) in [4.78, 5) is 9.38. The molecule has 0 radical (unpaired) electrons. The fourth-order valence-electron chi connectivity index (χ4n) is 1.18. The van der Waals surface area contributed by atoms with E-state index in [0.29, 0.717) is 21.7 Å². The molecule has 17 heavy (non-hydrogen) atoms. The number of benzene rings is 1. The Labute approximate surface area is 113 Å². The summed E-state index contributed by atoms with van der Waals surface area (Å²) >= 11 is 13.2. The average molecular weight is 286 g/mol. The molecule has 0 amide bonds. The van der Waals surface area contributed by atoms with Gasteiger partial charge in [-0.15, -0.1) is 0 Å². The number of hydrogen-bond acceptors (Lipinski definition) is 4. The zero-order chi connectivity index (χ0) is 12.3. The molecule has 2 aromatic rings. The lowest BCUT2D eigenvalue weighted by Crippen LogP contribution is -2.00. The molecule has 0 aliphatic rings. The summed E-state index contributed by atoms with van der Waals surface area (Å²) in [7, 11) is 0.